The molecule has 2 atom stereocenters. The van der Waals surface area contributed by atoms with Gasteiger partial charge in [0, 0.05) is 19.3 Å². The van der Waals surface area contributed by atoms with Crippen LogP contribution in [-0.2, 0) is 28.6 Å². The van der Waals surface area contributed by atoms with Gasteiger partial charge in [0.2, 0.25) is 0 Å². The molecule has 0 bridgehead atoms. The van der Waals surface area contributed by atoms with E-state index in [0.717, 1.165) is 75.5 Å². The monoisotopic (exact) mass is 821 g/mol. The van der Waals surface area contributed by atoms with Crippen molar-refractivity contribution in [2.45, 2.75) is 285 Å². The second-order valence-electron chi connectivity index (χ2n) is 19.0. The van der Waals surface area contributed by atoms with Crippen LogP contribution in [0.4, 0.5) is 0 Å². The van der Waals surface area contributed by atoms with Crippen molar-refractivity contribution in [2.75, 3.05) is 13.2 Å². The molecule has 0 aliphatic rings. The highest BCUT2D eigenvalue weighted by atomic mass is 16.6. The van der Waals surface area contributed by atoms with Gasteiger partial charge in [-0.2, -0.15) is 0 Å². The van der Waals surface area contributed by atoms with Crippen LogP contribution in [0.5, 0.6) is 0 Å². The fourth-order valence-electron chi connectivity index (χ4n) is 7.73. The number of esters is 3. The Bertz CT molecular complexity index is 900. The molecule has 0 aromatic rings. The predicted molar refractivity (Wildman–Crippen MR) is 247 cm³/mol. The molecule has 0 aromatic carbocycles. The summed E-state index contributed by atoms with van der Waals surface area (Å²) in [5.41, 5.74) is 0. The third-order valence-electron chi connectivity index (χ3n) is 12.0. The van der Waals surface area contributed by atoms with Crippen molar-refractivity contribution in [3.8, 4) is 0 Å². The number of carbonyl (C=O) groups is 3. The molecule has 0 saturated carbocycles. The average molecular weight is 821 g/mol. The first-order chi connectivity index (χ1) is 28.1. The first-order valence-electron chi connectivity index (χ1n) is 25.6. The zero-order chi connectivity index (χ0) is 42.7. The first-order valence-corrected chi connectivity index (χ1v) is 25.6. The SMILES string of the molecule is CCC(C)CCCCCCCCC(=O)OC[C@H](COC(=O)CCCCCCCCCCCCCCCCCC(C)C)OC(=O)CCCCCCCCCCCC(C)C. The van der Waals surface area contributed by atoms with Gasteiger partial charge in [0.25, 0.3) is 0 Å². The van der Waals surface area contributed by atoms with Crippen LogP contribution >= 0.6 is 0 Å². The minimum atomic E-state index is -0.763. The van der Waals surface area contributed by atoms with Gasteiger partial charge >= 0.3 is 17.9 Å². The molecule has 0 aliphatic heterocycles. The molecule has 0 aromatic heterocycles. The van der Waals surface area contributed by atoms with E-state index >= 15 is 0 Å². The number of hydrogen-bond acceptors (Lipinski definition) is 6. The van der Waals surface area contributed by atoms with Crippen LogP contribution < -0.4 is 0 Å². The Hall–Kier alpha value is -1.59. The standard InChI is InChI=1S/C52H100O6/c1-7-48(6)40-34-28-24-25-30-36-42-51(54)57-45-49(58-52(55)43-37-31-23-19-15-17-21-27-33-39-47(4)5)44-56-50(53)41-35-29-22-18-14-12-10-8-9-11-13-16-20-26-32-38-46(2)3/h46-49H,7-45H2,1-6H3/t48?,49-/m0/s1. The Morgan fingerprint density at radius 2 is 0.603 bits per heavy atom. The fourth-order valence-corrected chi connectivity index (χ4v) is 7.73. The van der Waals surface area contributed by atoms with Crippen LogP contribution in [0.15, 0.2) is 0 Å². The lowest BCUT2D eigenvalue weighted by molar-refractivity contribution is -0.167. The summed E-state index contributed by atoms with van der Waals surface area (Å²) in [6.45, 7) is 13.7. The van der Waals surface area contributed by atoms with Crippen molar-refractivity contribution in [3.63, 3.8) is 0 Å². The molecule has 0 saturated heterocycles. The van der Waals surface area contributed by atoms with Gasteiger partial charge in [0.1, 0.15) is 13.2 Å². The first kappa shape index (κ1) is 56.4. The van der Waals surface area contributed by atoms with E-state index in [2.05, 4.69) is 41.5 Å². The van der Waals surface area contributed by atoms with Crippen molar-refractivity contribution in [3.05, 3.63) is 0 Å². The minimum absolute atomic E-state index is 0.0655. The van der Waals surface area contributed by atoms with Crippen molar-refractivity contribution in [2.24, 2.45) is 17.8 Å². The smallest absolute Gasteiger partial charge is 0.306 e. The zero-order valence-corrected chi connectivity index (χ0v) is 39.8. The van der Waals surface area contributed by atoms with Gasteiger partial charge in [-0.1, -0.05) is 241 Å². The molecule has 6 nitrogen and oxygen atoms in total. The number of hydrogen-bond donors (Lipinski definition) is 0. The fraction of sp³-hybridized carbons (Fsp3) is 0.942. The molecule has 1 unspecified atom stereocenters. The van der Waals surface area contributed by atoms with E-state index in [9.17, 15) is 14.4 Å². The number of rotatable bonds is 45. The molecule has 344 valence electrons. The Kier molecular flexibility index (Phi) is 42.3. The van der Waals surface area contributed by atoms with Gasteiger partial charge in [0.15, 0.2) is 6.10 Å². The van der Waals surface area contributed by atoms with Crippen molar-refractivity contribution in [1.82, 2.24) is 0 Å². The second kappa shape index (κ2) is 43.5. The van der Waals surface area contributed by atoms with E-state index in [1.54, 1.807) is 0 Å². The van der Waals surface area contributed by atoms with Crippen LogP contribution in [0.1, 0.15) is 279 Å². The number of ether oxygens (including phenoxy) is 3. The van der Waals surface area contributed by atoms with Gasteiger partial charge in [-0.15, -0.1) is 0 Å². The normalized spacial score (nSPS) is 12.6. The lowest BCUT2D eigenvalue weighted by Crippen LogP contribution is -2.30. The topological polar surface area (TPSA) is 78.9 Å². The van der Waals surface area contributed by atoms with E-state index in [1.165, 1.54) is 161 Å². The van der Waals surface area contributed by atoms with Crippen LogP contribution in [0.3, 0.4) is 0 Å². The molecule has 0 rings (SSSR count). The largest absolute Gasteiger partial charge is 0.462 e. The van der Waals surface area contributed by atoms with Crippen LogP contribution in [0.2, 0.25) is 0 Å². The van der Waals surface area contributed by atoms with Crippen LogP contribution in [0.25, 0.3) is 0 Å². The number of unbranched alkanes of at least 4 members (excludes halogenated alkanes) is 27. The molecule has 6 heteroatoms. The molecular formula is C52H100O6. The van der Waals surface area contributed by atoms with Crippen molar-refractivity contribution < 1.29 is 28.6 Å². The molecular weight excluding hydrogens is 721 g/mol. The molecule has 0 amide bonds. The Labute approximate surface area is 361 Å². The van der Waals surface area contributed by atoms with Gasteiger partial charge in [0.05, 0.1) is 0 Å². The van der Waals surface area contributed by atoms with Crippen LogP contribution in [0, 0.1) is 17.8 Å². The lowest BCUT2D eigenvalue weighted by Gasteiger charge is -2.18. The highest BCUT2D eigenvalue weighted by Crippen LogP contribution is 2.18. The summed E-state index contributed by atoms with van der Waals surface area (Å²) in [5.74, 6) is 1.61. The minimum Gasteiger partial charge on any atom is -0.462 e. The molecule has 0 heterocycles. The van der Waals surface area contributed by atoms with Crippen molar-refractivity contribution in [1.29, 1.82) is 0 Å². The zero-order valence-electron chi connectivity index (χ0n) is 39.8. The van der Waals surface area contributed by atoms with Crippen molar-refractivity contribution >= 4 is 17.9 Å². The van der Waals surface area contributed by atoms with E-state index in [1.807, 2.05) is 0 Å². The number of carbonyl (C=O) groups excluding carboxylic acids is 3. The summed E-state index contributed by atoms with van der Waals surface area (Å²) in [4.78, 5) is 37.9. The summed E-state index contributed by atoms with van der Waals surface area (Å²) < 4.78 is 16.8. The molecule has 0 fully saturated rings. The summed E-state index contributed by atoms with van der Waals surface area (Å²) in [7, 11) is 0. The molecule has 0 aliphatic carbocycles. The summed E-state index contributed by atoms with van der Waals surface area (Å²) >= 11 is 0. The maximum Gasteiger partial charge on any atom is 0.306 e. The average Bonchev–Trinajstić information content (AvgIpc) is 3.19. The van der Waals surface area contributed by atoms with Gasteiger partial charge < -0.3 is 14.2 Å². The maximum absolute atomic E-state index is 12.7. The van der Waals surface area contributed by atoms with Gasteiger partial charge in [-0.3, -0.25) is 14.4 Å². The Morgan fingerprint density at radius 1 is 0.345 bits per heavy atom. The molecule has 58 heavy (non-hydrogen) atoms. The maximum atomic E-state index is 12.7. The van der Waals surface area contributed by atoms with Gasteiger partial charge in [-0.05, 0) is 37.0 Å². The van der Waals surface area contributed by atoms with E-state index < -0.39 is 6.10 Å². The molecule has 0 radical (unpaired) electrons. The Morgan fingerprint density at radius 3 is 0.897 bits per heavy atom. The lowest BCUT2D eigenvalue weighted by atomic mass is 10.00. The predicted octanol–water partition coefficient (Wildman–Crippen LogP) is 16.4. The van der Waals surface area contributed by atoms with E-state index in [4.69, 9.17) is 14.2 Å². The highest BCUT2D eigenvalue weighted by molar-refractivity contribution is 5.71. The molecule has 0 N–H and O–H groups in total. The van der Waals surface area contributed by atoms with E-state index in [-0.39, 0.29) is 31.1 Å². The Balaban J connectivity index is 4.27. The highest BCUT2D eigenvalue weighted by Gasteiger charge is 2.19. The third kappa shape index (κ3) is 44.0. The quantitative estimate of drug-likeness (QED) is 0.0346. The van der Waals surface area contributed by atoms with Gasteiger partial charge in [-0.25, -0.2) is 0 Å². The second-order valence-corrected chi connectivity index (χ2v) is 19.0. The summed E-state index contributed by atoms with van der Waals surface area (Å²) in [6.07, 6.45) is 42.4. The summed E-state index contributed by atoms with van der Waals surface area (Å²) in [5, 5.41) is 0. The van der Waals surface area contributed by atoms with Crippen LogP contribution in [-0.4, -0.2) is 37.2 Å². The molecule has 0 spiro atoms. The van der Waals surface area contributed by atoms with E-state index in [0.29, 0.717) is 19.3 Å². The third-order valence-corrected chi connectivity index (χ3v) is 12.0. The summed E-state index contributed by atoms with van der Waals surface area (Å²) in [6, 6.07) is 0.